The van der Waals surface area contributed by atoms with Crippen molar-refractivity contribution in [1.29, 1.82) is 0 Å². The van der Waals surface area contributed by atoms with Crippen LogP contribution < -0.4 is 13.8 Å². The van der Waals surface area contributed by atoms with Gasteiger partial charge in [0, 0.05) is 12.6 Å². The van der Waals surface area contributed by atoms with E-state index in [1.807, 2.05) is 6.08 Å². The number of aliphatic hydroxyl groups is 1. The second kappa shape index (κ2) is 11.8. The number of sulfonamides is 1. The van der Waals surface area contributed by atoms with Crippen molar-refractivity contribution in [3.8, 4) is 11.6 Å². The van der Waals surface area contributed by atoms with Crippen molar-refractivity contribution in [2.24, 2.45) is 0 Å². The molecule has 1 fully saturated rings. The first kappa shape index (κ1) is 28.6. The summed E-state index contributed by atoms with van der Waals surface area (Å²) < 4.78 is 85.8. The highest BCUT2D eigenvalue weighted by Gasteiger charge is 2.39. The van der Waals surface area contributed by atoms with Gasteiger partial charge < -0.3 is 24.4 Å². The molecule has 2 aromatic rings. The molecule has 2 aliphatic heterocycles. The van der Waals surface area contributed by atoms with Crippen LogP contribution in [0.4, 0.5) is 18.9 Å². The molecule has 0 radical (unpaired) electrons. The molecule has 0 bridgehead atoms. The summed E-state index contributed by atoms with van der Waals surface area (Å²) in [7, 11) is -4.74. The van der Waals surface area contributed by atoms with Crippen molar-refractivity contribution >= 4 is 27.8 Å². The second-order valence-corrected chi connectivity index (χ2v) is 10.8. The predicted octanol–water partition coefficient (Wildman–Crippen LogP) is 3.49. The van der Waals surface area contributed by atoms with Gasteiger partial charge in [0.05, 0.1) is 37.6 Å². The molecule has 4 rings (SSSR count). The monoisotopic (exact) mass is 572 g/mol. The molecule has 0 spiro atoms. The van der Waals surface area contributed by atoms with Crippen molar-refractivity contribution in [2.45, 2.75) is 42.9 Å². The number of halogens is 3. The fourth-order valence-corrected chi connectivity index (χ4v) is 5.85. The zero-order valence-electron chi connectivity index (χ0n) is 20.7. The Morgan fingerprint density at radius 2 is 1.97 bits per heavy atom. The molecule has 10 nitrogen and oxygen atoms in total. The Morgan fingerprint density at radius 1 is 1.23 bits per heavy atom. The molecule has 1 unspecified atom stereocenters. The summed E-state index contributed by atoms with van der Waals surface area (Å²) in [5, 5.41) is 18.2. The Kier molecular flexibility index (Phi) is 8.67. The zero-order chi connectivity index (χ0) is 28.2. The lowest BCUT2D eigenvalue weighted by molar-refractivity contribution is -0.138. The minimum absolute atomic E-state index is 0.0404. The summed E-state index contributed by atoms with van der Waals surface area (Å²) in [6.45, 7) is -0.159. The number of carboxylic acids is 1. The van der Waals surface area contributed by atoms with Gasteiger partial charge >= 0.3 is 12.1 Å². The molecule has 2 N–H and O–H groups in total. The minimum atomic E-state index is -4.89. The molecule has 1 saturated heterocycles. The van der Waals surface area contributed by atoms with Crippen molar-refractivity contribution in [1.82, 2.24) is 4.98 Å². The average molecular weight is 573 g/mol. The highest BCUT2D eigenvalue weighted by atomic mass is 32.2. The van der Waals surface area contributed by atoms with Crippen LogP contribution in [0.1, 0.15) is 36.8 Å². The number of aliphatic carboxylic acids is 1. The largest absolute Gasteiger partial charge is 0.486 e. The van der Waals surface area contributed by atoms with Gasteiger partial charge in [0.1, 0.15) is 18.5 Å². The summed E-state index contributed by atoms with van der Waals surface area (Å²) in [4.78, 5) is 13.9. The molecule has 1 atom stereocenters. The van der Waals surface area contributed by atoms with Crippen LogP contribution in [0.2, 0.25) is 0 Å². The van der Waals surface area contributed by atoms with Crippen LogP contribution in [0, 0.1) is 0 Å². The summed E-state index contributed by atoms with van der Waals surface area (Å²) in [5.41, 5.74) is 0.519. The number of hydrogen-bond acceptors (Lipinski definition) is 8. The first-order valence-corrected chi connectivity index (χ1v) is 13.6. The number of carbonyl (C=O) groups is 1. The van der Waals surface area contributed by atoms with Gasteiger partial charge in [-0.2, -0.15) is 13.2 Å². The number of aromatic nitrogens is 1. The lowest BCUT2D eigenvalue weighted by Gasteiger charge is -2.36. The Bertz CT molecular complexity index is 1340. The zero-order valence-corrected chi connectivity index (χ0v) is 21.5. The van der Waals surface area contributed by atoms with Crippen molar-refractivity contribution in [3.63, 3.8) is 0 Å². The van der Waals surface area contributed by atoms with Crippen LogP contribution in [0.5, 0.6) is 11.6 Å². The Balaban J connectivity index is 1.81. The van der Waals surface area contributed by atoms with E-state index in [0.29, 0.717) is 43.9 Å². The molecule has 1 aromatic heterocycles. The van der Waals surface area contributed by atoms with Crippen molar-refractivity contribution in [2.75, 3.05) is 37.3 Å². The predicted molar refractivity (Wildman–Crippen MR) is 132 cm³/mol. The van der Waals surface area contributed by atoms with E-state index in [9.17, 15) is 26.4 Å². The van der Waals surface area contributed by atoms with E-state index in [0.717, 1.165) is 9.88 Å². The number of hydrogen-bond donors (Lipinski definition) is 2. The van der Waals surface area contributed by atoms with Crippen LogP contribution in [0.25, 0.3) is 6.08 Å². The molecule has 2 aliphatic rings. The third kappa shape index (κ3) is 6.81. The smallest absolute Gasteiger partial charge is 0.417 e. The van der Waals surface area contributed by atoms with E-state index in [4.69, 9.17) is 24.4 Å². The number of fused-ring (bicyclic) bond motifs is 1. The normalized spacial score (nSPS) is 17.8. The lowest BCUT2D eigenvalue weighted by Crippen LogP contribution is -2.44. The Morgan fingerprint density at radius 3 is 2.64 bits per heavy atom. The van der Waals surface area contributed by atoms with Crippen LogP contribution in [-0.4, -0.2) is 68.7 Å². The number of nitrogens with zero attached hydrogens (tertiary/aromatic N) is 2. The second-order valence-electron chi connectivity index (χ2n) is 8.95. The number of ether oxygens (including phenoxy) is 3. The molecule has 0 amide bonds. The van der Waals surface area contributed by atoms with Gasteiger partial charge in [-0.15, -0.1) is 0 Å². The summed E-state index contributed by atoms with van der Waals surface area (Å²) >= 11 is 0. The lowest BCUT2D eigenvalue weighted by atomic mass is 10.0. The molecule has 14 heteroatoms. The van der Waals surface area contributed by atoms with Crippen molar-refractivity contribution < 1.29 is 50.8 Å². The van der Waals surface area contributed by atoms with Crippen LogP contribution >= 0.6 is 0 Å². The van der Waals surface area contributed by atoms with Gasteiger partial charge in [-0.1, -0.05) is 17.7 Å². The molecular formula is C25H27F3N2O8S. The third-order valence-corrected chi connectivity index (χ3v) is 7.92. The summed E-state index contributed by atoms with van der Waals surface area (Å²) in [6, 6.07) is 5.25. The molecule has 39 heavy (non-hydrogen) atoms. The van der Waals surface area contributed by atoms with E-state index in [2.05, 4.69) is 4.98 Å². The third-order valence-electron chi connectivity index (χ3n) is 6.14. The summed E-state index contributed by atoms with van der Waals surface area (Å²) in [6.07, 6.45) is -2.37. The number of alkyl halides is 3. The average Bonchev–Trinajstić information content (AvgIpc) is 2.90. The molecular weight excluding hydrogens is 545 g/mol. The molecule has 212 valence electrons. The van der Waals surface area contributed by atoms with E-state index < -0.39 is 57.8 Å². The fourth-order valence-electron chi connectivity index (χ4n) is 4.24. The van der Waals surface area contributed by atoms with Gasteiger partial charge in [0.25, 0.3) is 10.0 Å². The standard InChI is InChI=1S/C25H27F3N2O8S/c26-25(27,28)18-13-22(24(29-14-18)37-10-7-31)39(34,35)30-15-19(2-4-23(32)33)38-21-3-1-17(12-20(21)30)11-16-5-8-36-9-6-16/h1,3,11-14,19,31H,2,4-10,15H2,(H,32,33). The summed E-state index contributed by atoms with van der Waals surface area (Å²) in [5.74, 6) is -1.58. The number of anilines is 1. The minimum Gasteiger partial charge on any atom is -0.486 e. The number of pyridine rings is 1. The molecule has 1 aromatic carbocycles. The van der Waals surface area contributed by atoms with Gasteiger partial charge in [-0.3, -0.25) is 9.10 Å². The SMILES string of the molecule is O=C(O)CCC1CN(S(=O)(=O)c2cc(C(F)(F)F)cnc2OCCO)c2cc(C=C3CCOCC3)ccc2O1. The van der Waals surface area contributed by atoms with Gasteiger partial charge in [-0.05, 0) is 43.0 Å². The van der Waals surface area contributed by atoms with Crippen molar-refractivity contribution in [3.05, 3.63) is 47.2 Å². The highest BCUT2D eigenvalue weighted by molar-refractivity contribution is 7.93. The van der Waals surface area contributed by atoms with E-state index in [1.165, 1.54) is 0 Å². The maximum Gasteiger partial charge on any atom is 0.417 e. The maximum atomic E-state index is 14.0. The topological polar surface area (TPSA) is 135 Å². The maximum absolute atomic E-state index is 14.0. The quantitative estimate of drug-likeness (QED) is 0.463. The van der Waals surface area contributed by atoms with Crippen LogP contribution in [-0.2, 0) is 25.7 Å². The number of carboxylic acid groups (broad SMARTS) is 1. The first-order valence-electron chi connectivity index (χ1n) is 12.1. The fraction of sp³-hybridized carbons (Fsp3) is 0.440. The van der Waals surface area contributed by atoms with Gasteiger partial charge in [0.15, 0.2) is 4.90 Å². The van der Waals surface area contributed by atoms with E-state index in [-0.39, 0.29) is 30.8 Å². The Hall–Kier alpha value is -3.36. The molecule has 3 heterocycles. The van der Waals surface area contributed by atoms with E-state index in [1.54, 1.807) is 18.2 Å². The number of rotatable bonds is 9. The van der Waals surface area contributed by atoms with E-state index >= 15 is 0 Å². The number of benzene rings is 1. The molecule has 0 saturated carbocycles. The highest BCUT2D eigenvalue weighted by Crippen LogP contribution is 2.41. The van der Waals surface area contributed by atoms with Gasteiger partial charge in [-0.25, -0.2) is 13.4 Å². The number of aliphatic hydroxyl groups excluding tert-OH is 1. The molecule has 0 aliphatic carbocycles. The van der Waals surface area contributed by atoms with Crippen LogP contribution in [0.15, 0.2) is 40.9 Å². The Labute approximate surface area is 222 Å². The van der Waals surface area contributed by atoms with Gasteiger partial charge in [0.2, 0.25) is 5.88 Å². The first-order chi connectivity index (χ1) is 18.5. The van der Waals surface area contributed by atoms with Crippen LogP contribution in [0.3, 0.4) is 0 Å².